The van der Waals surface area contributed by atoms with E-state index < -0.39 is 0 Å². The summed E-state index contributed by atoms with van der Waals surface area (Å²) in [6.45, 7) is 2.59. The maximum absolute atomic E-state index is 5.63. The highest BCUT2D eigenvalue weighted by Crippen LogP contribution is 2.51. The van der Waals surface area contributed by atoms with Gasteiger partial charge in [0.15, 0.2) is 11.5 Å². The smallest absolute Gasteiger partial charge is 0.231 e. The van der Waals surface area contributed by atoms with E-state index in [9.17, 15) is 0 Å². The zero-order valence-corrected chi connectivity index (χ0v) is 16.7. The van der Waals surface area contributed by atoms with Crippen molar-refractivity contribution in [3.8, 4) is 11.5 Å². The van der Waals surface area contributed by atoms with Crippen LogP contribution in [0.2, 0.25) is 0 Å². The molecule has 136 valence electrons. The van der Waals surface area contributed by atoms with Gasteiger partial charge in [-0.05, 0) is 64.8 Å². The molecule has 1 atom stereocenters. The van der Waals surface area contributed by atoms with Crippen molar-refractivity contribution in [2.75, 3.05) is 6.79 Å². The van der Waals surface area contributed by atoms with E-state index in [2.05, 4.69) is 60.8 Å². The van der Waals surface area contributed by atoms with E-state index in [1.807, 2.05) is 29.2 Å². The topological polar surface area (TPSA) is 18.5 Å². The molecule has 1 unspecified atom stereocenters. The lowest BCUT2D eigenvalue weighted by Gasteiger charge is -2.17. The molecule has 3 heterocycles. The van der Waals surface area contributed by atoms with Crippen molar-refractivity contribution in [2.45, 2.75) is 29.9 Å². The van der Waals surface area contributed by atoms with Gasteiger partial charge in [0.2, 0.25) is 6.79 Å². The molecule has 2 nitrogen and oxygen atoms in total. The molecule has 1 aromatic heterocycles. The highest BCUT2D eigenvalue weighted by atomic mass is 32.2. The Morgan fingerprint density at radius 1 is 1.00 bits per heavy atom. The zero-order valence-electron chi connectivity index (χ0n) is 15.1. The maximum atomic E-state index is 5.63. The van der Waals surface area contributed by atoms with Crippen LogP contribution in [0.3, 0.4) is 0 Å². The van der Waals surface area contributed by atoms with Crippen LogP contribution in [0.15, 0.2) is 64.9 Å². The molecule has 0 amide bonds. The van der Waals surface area contributed by atoms with Gasteiger partial charge in [-0.15, -0.1) is 23.1 Å². The Hall–Kier alpha value is -2.17. The number of benzene rings is 2. The summed E-state index contributed by atoms with van der Waals surface area (Å²) in [4.78, 5) is 2.75. The predicted octanol–water partition coefficient (Wildman–Crippen LogP) is 7.03. The second-order valence-electron chi connectivity index (χ2n) is 6.71. The third-order valence-electron chi connectivity index (χ3n) is 5.18. The van der Waals surface area contributed by atoms with Gasteiger partial charge in [-0.3, -0.25) is 0 Å². The SMILES string of the molecule is CCC1=C(c2cccs2)CC(c2ccc3c(c2)OCO3)Sc2ccccc21. The quantitative estimate of drug-likeness (QED) is 0.476. The molecule has 27 heavy (non-hydrogen) atoms. The summed E-state index contributed by atoms with van der Waals surface area (Å²) in [5.41, 5.74) is 5.64. The summed E-state index contributed by atoms with van der Waals surface area (Å²) in [6.07, 6.45) is 2.06. The number of ether oxygens (including phenoxy) is 2. The van der Waals surface area contributed by atoms with Crippen molar-refractivity contribution in [3.05, 3.63) is 76.0 Å². The zero-order chi connectivity index (χ0) is 18.2. The average molecular weight is 393 g/mol. The fourth-order valence-electron chi connectivity index (χ4n) is 3.89. The Bertz CT molecular complexity index is 1000. The van der Waals surface area contributed by atoms with Crippen LogP contribution in [0.5, 0.6) is 11.5 Å². The van der Waals surface area contributed by atoms with Crippen molar-refractivity contribution in [3.63, 3.8) is 0 Å². The summed E-state index contributed by atoms with van der Waals surface area (Å²) in [5, 5.41) is 2.52. The second-order valence-corrected chi connectivity index (χ2v) is 8.90. The third-order valence-corrected chi connectivity index (χ3v) is 7.44. The molecule has 0 saturated carbocycles. The molecule has 0 bridgehead atoms. The molecule has 3 aromatic rings. The number of hydrogen-bond acceptors (Lipinski definition) is 4. The van der Waals surface area contributed by atoms with Crippen molar-refractivity contribution < 1.29 is 9.47 Å². The number of thioether (sulfide) groups is 1. The molecule has 2 aliphatic rings. The molecule has 0 N–H and O–H groups in total. The Morgan fingerprint density at radius 2 is 1.89 bits per heavy atom. The first-order chi connectivity index (χ1) is 13.3. The van der Waals surface area contributed by atoms with E-state index in [1.165, 1.54) is 32.0 Å². The van der Waals surface area contributed by atoms with Crippen LogP contribution in [-0.4, -0.2) is 6.79 Å². The predicted molar refractivity (Wildman–Crippen MR) is 114 cm³/mol. The average Bonchev–Trinajstić information content (AvgIpc) is 3.36. The molecule has 4 heteroatoms. The minimum atomic E-state index is 0.319. The van der Waals surface area contributed by atoms with Crippen LogP contribution in [0.25, 0.3) is 11.1 Å². The Labute approximate surface area is 167 Å². The number of rotatable bonds is 3. The fraction of sp³-hybridized carbons (Fsp3) is 0.217. The lowest BCUT2D eigenvalue weighted by Crippen LogP contribution is -1.96. The van der Waals surface area contributed by atoms with Crippen LogP contribution in [-0.2, 0) is 0 Å². The monoisotopic (exact) mass is 392 g/mol. The van der Waals surface area contributed by atoms with Gasteiger partial charge in [0.1, 0.15) is 0 Å². The maximum Gasteiger partial charge on any atom is 0.231 e. The van der Waals surface area contributed by atoms with Gasteiger partial charge in [-0.25, -0.2) is 0 Å². The van der Waals surface area contributed by atoms with Gasteiger partial charge < -0.3 is 9.47 Å². The van der Waals surface area contributed by atoms with Crippen molar-refractivity contribution in [1.29, 1.82) is 0 Å². The molecule has 0 aliphatic carbocycles. The van der Waals surface area contributed by atoms with Crippen LogP contribution in [0, 0.1) is 0 Å². The van der Waals surface area contributed by atoms with E-state index in [0.29, 0.717) is 12.0 Å². The highest BCUT2D eigenvalue weighted by molar-refractivity contribution is 7.99. The van der Waals surface area contributed by atoms with Crippen molar-refractivity contribution in [2.24, 2.45) is 0 Å². The van der Waals surface area contributed by atoms with Gasteiger partial charge in [-0.2, -0.15) is 0 Å². The minimum Gasteiger partial charge on any atom is -0.454 e. The lowest BCUT2D eigenvalue weighted by atomic mass is 9.92. The van der Waals surface area contributed by atoms with Gasteiger partial charge >= 0.3 is 0 Å². The first-order valence-corrected chi connectivity index (χ1v) is 11.0. The van der Waals surface area contributed by atoms with Gasteiger partial charge in [-0.1, -0.05) is 37.3 Å². The minimum absolute atomic E-state index is 0.319. The Morgan fingerprint density at radius 3 is 2.74 bits per heavy atom. The molecule has 0 saturated heterocycles. The standard InChI is InChI=1S/C23H20O2S2/c1-2-16-17-6-3-4-7-22(17)27-23(13-18(16)21-8-5-11-26-21)15-9-10-19-20(12-15)25-14-24-19/h3-12,23H,2,13-14H2,1H3. The number of allylic oxidation sites excluding steroid dienone is 2. The lowest BCUT2D eigenvalue weighted by molar-refractivity contribution is 0.174. The van der Waals surface area contributed by atoms with Crippen LogP contribution >= 0.6 is 23.1 Å². The van der Waals surface area contributed by atoms with E-state index in [4.69, 9.17) is 9.47 Å². The summed E-state index contributed by atoms with van der Waals surface area (Å²) < 4.78 is 11.1. The van der Waals surface area contributed by atoms with Crippen LogP contribution < -0.4 is 9.47 Å². The van der Waals surface area contributed by atoms with Crippen LogP contribution in [0.4, 0.5) is 0 Å². The molecule has 0 fully saturated rings. The number of thiophene rings is 1. The summed E-state index contributed by atoms with van der Waals surface area (Å²) >= 11 is 3.80. The molecule has 2 aliphatic heterocycles. The van der Waals surface area contributed by atoms with Gasteiger partial charge in [0, 0.05) is 15.0 Å². The Balaban J connectivity index is 1.64. The van der Waals surface area contributed by atoms with Crippen LogP contribution in [0.1, 0.15) is 41.0 Å². The summed E-state index contributed by atoms with van der Waals surface area (Å²) in [5.74, 6) is 1.71. The first-order valence-electron chi connectivity index (χ1n) is 9.25. The number of fused-ring (bicyclic) bond motifs is 2. The third kappa shape index (κ3) is 3.07. The fourth-order valence-corrected chi connectivity index (χ4v) is 6.01. The normalized spacial score (nSPS) is 18.3. The van der Waals surface area contributed by atoms with Crippen molar-refractivity contribution >= 4 is 34.2 Å². The second kappa shape index (κ2) is 7.10. The van der Waals surface area contributed by atoms with E-state index in [1.54, 1.807) is 0 Å². The van der Waals surface area contributed by atoms with E-state index in [-0.39, 0.29) is 0 Å². The molecule has 0 radical (unpaired) electrons. The molecule has 5 rings (SSSR count). The summed E-state index contributed by atoms with van der Waals surface area (Å²) in [7, 11) is 0. The largest absolute Gasteiger partial charge is 0.454 e. The summed E-state index contributed by atoms with van der Waals surface area (Å²) in [6, 6.07) is 19.6. The molecular weight excluding hydrogens is 372 g/mol. The van der Waals surface area contributed by atoms with Crippen molar-refractivity contribution in [1.82, 2.24) is 0 Å². The van der Waals surface area contributed by atoms with E-state index in [0.717, 1.165) is 24.3 Å². The molecule has 2 aromatic carbocycles. The van der Waals surface area contributed by atoms with Gasteiger partial charge in [0.25, 0.3) is 0 Å². The molecule has 0 spiro atoms. The highest BCUT2D eigenvalue weighted by Gasteiger charge is 2.27. The molecular formula is C23H20O2S2. The first kappa shape index (κ1) is 17.0. The van der Waals surface area contributed by atoms with E-state index >= 15 is 0 Å². The number of hydrogen-bond donors (Lipinski definition) is 0. The van der Waals surface area contributed by atoms with Gasteiger partial charge in [0.05, 0.1) is 0 Å². The Kier molecular flexibility index (Phi) is 4.46.